The summed E-state index contributed by atoms with van der Waals surface area (Å²) < 4.78 is 5.52. The number of carbonyl (C=O) groups is 1. The van der Waals surface area contributed by atoms with E-state index in [4.69, 9.17) is 27.9 Å². The Bertz CT molecular complexity index is 680. The van der Waals surface area contributed by atoms with Crippen LogP contribution in [0.15, 0.2) is 30.3 Å². The Morgan fingerprint density at radius 2 is 1.96 bits per heavy atom. The average molecular weight is 369 g/mol. The Kier molecular flexibility index (Phi) is 7.24. The highest BCUT2D eigenvalue weighted by Crippen LogP contribution is 2.33. The maximum Gasteiger partial charge on any atom is 0.271 e. The summed E-state index contributed by atoms with van der Waals surface area (Å²) in [5.41, 5.74) is 0.218. The number of nitrogens with zero attached hydrogens (tertiary/aromatic N) is 2. The molecule has 0 saturated heterocycles. The number of carbonyl (C=O) groups excluding carboxylic acids is 1. The number of hydrogen-bond acceptors (Lipinski definition) is 5. The van der Waals surface area contributed by atoms with E-state index >= 15 is 0 Å². The minimum atomic E-state index is -0.284. The van der Waals surface area contributed by atoms with Gasteiger partial charge in [-0.3, -0.25) is 4.79 Å². The van der Waals surface area contributed by atoms with Crippen molar-refractivity contribution >= 4 is 29.1 Å². The van der Waals surface area contributed by atoms with Gasteiger partial charge in [0, 0.05) is 19.2 Å². The lowest BCUT2D eigenvalue weighted by molar-refractivity contribution is 0.0948. The molecule has 8 heteroatoms. The van der Waals surface area contributed by atoms with E-state index in [-0.39, 0.29) is 17.5 Å². The molecule has 0 aliphatic heterocycles. The monoisotopic (exact) mass is 368 g/mol. The van der Waals surface area contributed by atoms with E-state index in [1.165, 1.54) is 6.07 Å². The molecule has 0 aliphatic rings. The lowest BCUT2D eigenvalue weighted by Gasteiger charge is -2.08. The van der Waals surface area contributed by atoms with Gasteiger partial charge in [-0.1, -0.05) is 36.2 Å². The fraction of sp³-hybridized carbons (Fsp3) is 0.312. The summed E-state index contributed by atoms with van der Waals surface area (Å²) in [6.07, 6.45) is 1.05. The summed E-state index contributed by atoms with van der Waals surface area (Å²) in [4.78, 5) is 11.9. The van der Waals surface area contributed by atoms with Crippen molar-refractivity contribution in [1.82, 2.24) is 20.8 Å². The third-order valence-electron chi connectivity index (χ3n) is 3.02. The quantitative estimate of drug-likeness (QED) is 0.699. The van der Waals surface area contributed by atoms with Crippen LogP contribution in [0.4, 0.5) is 0 Å². The van der Waals surface area contributed by atoms with Crippen LogP contribution >= 0.6 is 23.2 Å². The molecule has 0 atom stereocenters. The van der Waals surface area contributed by atoms with Crippen molar-refractivity contribution in [3.8, 4) is 11.6 Å². The molecule has 1 heterocycles. The van der Waals surface area contributed by atoms with Gasteiger partial charge in [0.25, 0.3) is 5.91 Å². The number of amides is 1. The molecule has 0 saturated carbocycles. The molecular weight excluding hydrogens is 351 g/mol. The Balaban J connectivity index is 1.90. The van der Waals surface area contributed by atoms with Gasteiger partial charge in [-0.15, -0.1) is 10.2 Å². The van der Waals surface area contributed by atoms with Gasteiger partial charge in [0.1, 0.15) is 10.8 Å². The van der Waals surface area contributed by atoms with E-state index in [0.29, 0.717) is 28.9 Å². The molecule has 0 radical (unpaired) electrons. The molecule has 1 amide bonds. The molecule has 1 aromatic heterocycles. The second kappa shape index (κ2) is 9.42. The normalized spacial score (nSPS) is 10.5. The molecule has 2 N–H and O–H groups in total. The zero-order valence-corrected chi connectivity index (χ0v) is 14.7. The largest absolute Gasteiger partial charge is 0.436 e. The number of halogens is 2. The fourth-order valence-corrected chi connectivity index (χ4v) is 2.16. The van der Waals surface area contributed by atoms with Crippen LogP contribution in [0, 0.1) is 0 Å². The molecule has 0 bridgehead atoms. The van der Waals surface area contributed by atoms with E-state index in [2.05, 4.69) is 27.8 Å². The predicted octanol–water partition coefficient (Wildman–Crippen LogP) is 3.31. The topological polar surface area (TPSA) is 76.1 Å². The molecule has 0 unspecified atom stereocenters. The maximum absolute atomic E-state index is 11.9. The Hall–Kier alpha value is -1.89. The fourth-order valence-electron chi connectivity index (χ4n) is 1.83. The van der Waals surface area contributed by atoms with Crippen LogP contribution in [0.2, 0.25) is 10.0 Å². The van der Waals surface area contributed by atoms with Crippen LogP contribution in [0.5, 0.6) is 11.6 Å². The van der Waals surface area contributed by atoms with Gasteiger partial charge in [0.15, 0.2) is 5.69 Å². The van der Waals surface area contributed by atoms with Gasteiger partial charge in [0.2, 0.25) is 5.88 Å². The second-order valence-electron chi connectivity index (χ2n) is 4.92. The second-order valence-corrected chi connectivity index (χ2v) is 5.70. The first-order chi connectivity index (χ1) is 11.6. The summed E-state index contributed by atoms with van der Waals surface area (Å²) in [5.74, 6) is 0.311. The molecule has 0 aliphatic carbocycles. The standard InChI is InChI=1S/C16H18Cl2N4O2/c1-2-8-19-9-10-20-16(23)12-6-7-14(22-21-12)24-13-5-3-4-11(17)15(13)18/h3-7,19H,2,8-10H2,1H3,(H,20,23). The van der Waals surface area contributed by atoms with Gasteiger partial charge >= 0.3 is 0 Å². The number of aromatic nitrogens is 2. The first kappa shape index (κ1) is 18.4. The van der Waals surface area contributed by atoms with Crippen LogP contribution in [-0.4, -0.2) is 35.7 Å². The molecule has 2 aromatic rings. The van der Waals surface area contributed by atoms with Gasteiger partial charge in [0.05, 0.1) is 5.02 Å². The van der Waals surface area contributed by atoms with Crippen LogP contribution in [-0.2, 0) is 0 Å². The van der Waals surface area contributed by atoms with E-state index in [1.807, 2.05) is 0 Å². The van der Waals surface area contributed by atoms with E-state index in [0.717, 1.165) is 13.0 Å². The number of hydrogen-bond donors (Lipinski definition) is 2. The highest BCUT2D eigenvalue weighted by atomic mass is 35.5. The third kappa shape index (κ3) is 5.33. The first-order valence-electron chi connectivity index (χ1n) is 7.56. The SMILES string of the molecule is CCCNCCNC(=O)c1ccc(Oc2cccc(Cl)c2Cl)nn1. The van der Waals surface area contributed by atoms with E-state index in [1.54, 1.807) is 24.3 Å². The summed E-state index contributed by atoms with van der Waals surface area (Å²) in [6.45, 7) is 4.24. The average Bonchev–Trinajstić information content (AvgIpc) is 2.59. The summed E-state index contributed by atoms with van der Waals surface area (Å²) in [5, 5.41) is 14.4. The summed E-state index contributed by atoms with van der Waals surface area (Å²) in [6, 6.07) is 8.13. The van der Waals surface area contributed by atoms with Crippen molar-refractivity contribution < 1.29 is 9.53 Å². The Labute approximate surface area is 150 Å². The van der Waals surface area contributed by atoms with Gasteiger partial charge < -0.3 is 15.4 Å². The highest BCUT2D eigenvalue weighted by Gasteiger charge is 2.10. The molecule has 1 aromatic carbocycles. The lowest BCUT2D eigenvalue weighted by Crippen LogP contribution is -2.32. The minimum absolute atomic E-state index is 0.218. The van der Waals surface area contributed by atoms with Crippen molar-refractivity contribution in [3.05, 3.63) is 46.1 Å². The minimum Gasteiger partial charge on any atom is -0.436 e. The van der Waals surface area contributed by atoms with E-state index < -0.39 is 0 Å². The van der Waals surface area contributed by atoms with Crippen LogP contribution in [0.1, 0.15) is 23.8 Å². The van der Waals surface area contributed by atoms with Crippen molar-refractivity contribution in [2.75, 3.05) is 19.6 Å². The number of ether oxygens (including phenoxy) is 1. The molecule has 2 rings (SSSR count). The lowest BCUT2D eigenvalue weighted by atomic mass is 10.3. The van der Waals surface area contributed by atoms with Crippen molar-refractivity contribution in [2.45, 2.75) is 13.3 Å². The predicted molar refractivity (Wildman–Crippen MR) is 94.1 cm³/mol. The van der Waals surface area contributed by atoms with Crippen molar-refractivity contribution in [1.29, 1.82) is 0 Å². The Morgan fingerprint density at radius 3 is 2.67 bits per heavy atom. The zero-order valence-electron chi connectivity index (χ0n) is 13.2. The van der Waals surface area contributed by atoms with Crippen LogP contribution in [0.25, 0.3) is 0 Å². The Morgan fingerprint density at radius 1 is 1.12 bits per heavy atom. The number of nitrogens with one attached hydrogen (secondary N) is 2. The van der Waals surface area contributed by atoms with Crippen molar-refractivity contribution in [3.63, 3.8) is 0 Å². The smallest absolute Gasteiger partial charge is 0.271 e. The maximum atomic E-state index is 11.9. The molecule has 6 nitrogen and oxygen atoms in total. The van der Waals surface area contributed by atoms with Gasteiger partial charge in [-0.2, -0.15) is 0 Å². The molecule has 128 valence electrons. The molecule has 24 heavy (non-hydrogen) atoms. The molecular formula is C16H18Cl2N4O2. The molecule has 0 fully saturated rings. The van der Waals surface area contributed by atoms with E-state index in [9.17, 15) is 4.79 Å². The van der Waals surface area contributed by atoms with Gasteiger partial charge in [-0.05, 0) is 31.2 Å². The molecule has 0 spiro atoms. The van der Waals surface area contributed by atoms with Crippen molar-refractivity contribution in [2.24, 2.45) is 0 Å². The number of benzene rings is 1. The van der Waals surface area contributed by atoms with Gasteiger partial charge in [-0.25, -0.2) is 0 Å². The third-order valence-corrected chi connectivity index (χ3v) is 3.82. The zero-order chi connectivity index (χ0) is 17.4. The van der Waals surface area contributed by atoms with Crippen LogP contribution in [0.3, 0.4) is 0 Å². The summed E-state index contributed by atoms with van der Waals surface area (Å²) >= 11 is 12.0. The summed E-state index contributed by atoms with van der Waals surface area (Å²) in [7, 11) is 0. The highest BCUT2D eigenvalue weighted by molar-refractivity contribution is 6.42. The van der Waals surface area contributed by atoms with Crippen LogP contribution < -0.4 is 15.4 Å². The first-order valence-corrected chi connectivity index (χ1v) is 8.32. The number of rotatable bonds is 8.